The molecule has 92 valence electrons. The highest BCUT2D eigenvalue weighted by Gasteiger charge is 2.23. The first-order valence-corrected chi connectivity index (χ1v) is 6.64. The van der Waals surface area contributed by atoms with Gasteiger partial charge in [0.25, 0.3) is 0 Å². The van der Waals surface area contributed by atoms with Crippen LogP contribution in [0.1, 0.15) is 35.6 Å². The Labute approximate surface area is 112 Å². The molecule has 0 aliphatic heterocycles. The minimum Gasteiger partial charge on any atom is -0.233 e. The Balaban J connectivity index is 2.06. The molecular weight excluding hydrogens is 244 g/mol. The van der Waals surface area contributed by atoms with E-state index >= 15 is 0 Å². The van der Waals surface area contributed by atoms with Gasteiger partial charge in [-0.25, -0.2) is 9.97 Å². The van der Waals surface area contributed by atoms with Crippen molar-refractivity contribution in [3.05, 3.63) is 46.2 Å². The summed E-state index contributed by atoms with van der Waals surface area (Å²) < 4.78 is 0. The third-order valence-corrected chi connectivity index (χ3v) is 3.89. The number of halogens is 1. The maximum atomic E-state index is 6.13. The molecule has 0 spiro atoms. The van der Waals surface area contributed by atoms with Gasteiger partial charge in [0.15, 0.2) is 5.82 Å². The summed E-state index contributed by atoms with van der Waals surface area (Å²) in [5, 5.41) is 0.550. The molecule has 3 heteroatoms. The van der Waals surface area contributed by atoms with Gasteiger partial charge in [0.1, 0.15) is 5.15 Å². The monoisotopic (exact) mass is 258 g/mol. The van der Waals surface area contributed by atoms with Gasteiger partial charge in [-0.2, -0.15) is 0 Å². The molecule has 0 amide bonds. The van der Waals surface area contributed by atoms with Gasteiger partial charge in [-0.1, -0.05) is 29.8 Å². The van der Waals surface area contributed by atoms with Crippen LogP contribution in [0.15, 0.2) is 24.3 Å². The van der Waals surface area contributed by atoms with E-state index < -0.39 is 0 Å². The average Bonchev–Trinajstić information content (AvgIpc) is 3.20. The van der Waals surface area contributed by atoms with Crippen LogP contribution in [0.4, 0.5) is 0 Å². The summed E-state index contributed by atoms with van der Waals surface area (Å²) in [6.45, 7) is 3.92. The first-order chi connectivity index (χ1) is 8.65. The van der Waals surface area contributed by atoms with Crippen molar-refractivity contribution < 1.29 is 0 Å². The van der Waals surface area contributed by atoms with Crippen molar-refractivity contribution in [3.8, 4) is 11.4 Å². The molecule has 3 rings (SSSR count). The number of benzene rings is 1. The third-order valence-electron chi connectivity index (χ3n) is 3.52. The minimum atomic E-state index is 0.550. The van der Waals surface area contributed by atoms with Gasteiger partial charge in [0.05, 0.1) is 0 Å². The molecule has 18 heavy (non-hydrogen) atoms. The largest absolute Gasteiger partial charge is 0.233 e. The maximum absolute atomic E-state index is 6.13. The molecule has 1 aromatic heterocycles. The molecule has 1 fully saturated rings. The van der Waals surface area contributed by atoms with Crippen LogP contribution in [0, 0.1) is 13.8 Å². The van der Waals surface area contributed by atoms with E-state index in [1.54, 1.807) is 0 Å². The average molecular weight is 259 g/mol. The summed E-state index contributed by atoms with van der Waals surface area (Å²) in [5.41, 5.74) is 4.36. The van der Waals surface area contributed by atoms with Crippen LogP contribution in [0.25, 0.3) is 11.4 Å². The first-order valence-electron chi connectivity index (χ1n) is 6.26. The van der Waals surface area contributed by atoms with Crippen molar-refractivity contribution >= 4 is 11.6 Å². The number of aryl methyl sites for hydroxylation is 1. The van der Waals surface area contributed by atoms with Gasteiger partial charge >= 0.3 is 0 Å². The van der Waals surface area contributed by atoms with E-state index in [2.05, 4.69) is 28.2 Å². The predicted octanol–water partition coefficient (Wildman–Crippen LogP) is 4.29. The SMILES string of the molecule is Cc1nc(-c2cccc(C3CC3)c2)nc(Cl)c1C. The highest BCUT2D eigenvalue weighted by molar-refractivity contribution is 6.30. The van der Waals surface area contributed by atoms with Crippen LogP contribution in [-0.2, 0) is 0 Å². The quantitative estimate of drug-likeness (QED) is 0.751. The lowest BCUT2D eigenvalue weighted by Gasteiger charge is -2.07. The van der Waals surface area contributed by atoms with Crippen LogP contribution in [-0.4, -0.2) is 9.97 Å². The molecule has 0 radical (unpaired) electrons. The molecule has 1 aliphatic carbocycles. The van der Waals surface area contributed by atoms with Crippen LogP contribution >= 0.6 is 11.6 Å². The van der Waals surface area contributed by atoms with Gasteiger partial charge in [0.2, 0.25) is 0 Å². The topological polar surface area (TPSA) is 25.8 Å². The Morgan fingerprint density at radius 3 is 2.61 bits per heavy atom. The van der Waals surface area contributed by atoms with E-state index in [1.807, 2.05) is 19.9 Å². The lowest BCUT2D eigenvalue weighted by atomic mass is 10.1. The lowest BCUT2D eigenvalue weighted by molar-refractivity contribution is 1.07. The molecule has 1 aliphatic rings. The van der Waals surface area contributed by atoms with Crippen molar-refractivity contribution in [2.24, 2.45) is 0 Å². The number of rotatable bonds is 2. The van der Waals surface area contributed by atoms with Crippen molar-refractivity contribution in [1.82, 2.24) is 9.97 Å². The number of aromatic nitrogens is 2. The molecule has 1 heterocycles. The van der Waals surface area contributed by atoms with Crippen molar-refractivity contribution in [2.75, 3.05) is 0 Å². The Morgan fingerprint density at radius 1 is 1.17 bits per heavy atom. The molecule has 1 saturated carbocycles. The highest BCUT2D eigenvalue weighted by atomic mass is 35.5. The van der Waals surface area contributed by atoms with Gasteiger partial charge in [-0.05, 0) is 44.2 Å². The molecule has 2 aromatic rings. The second-order valence-corrected chi connectivity index (χ2v) is 5.31. The second kappa shape index (κ2) is 4.36. The standard InChI is InChI=1S/C15H15ClN2/c1-9-10(2)17-15(18-14(9)16)13-5-3-4-12(8-13)11-6-7-11/h3-5,8,11H,6-7H2,1-2H3. The van der Waals surface area contributed by atoms with E-state index in [4.69, 9.17) is 11.6 Å². The van der Waals surface area contributed by atoms with E-state index in [-0.39, 0.29) is 0 Å². The smallest absolute Gasteiger partial charge is 0.161 e. The van der Waals surface area contributed by atoms with E-state index in [0.29, 0.717) is 5.15 Å². The van der Waals surface area contributed by atoms with E-state index in [0.717, 1.165) is 28.6 Å². The van der Waals surface area contributed by atoms with Crippen LogP contribution < -0.4 is 0 Å². The van der Waals surface area contributed by atoms with Gasteiger partial charge in [-0.15, -0.1) is 0 Å². The maximum Gasteiger partial charge on any atom is 0.161 e. The predicted molar refractivity (Wildman–Crippen MR) is 73.9 cm³/mol. The summed E-state index contributed by atoms with van der Waals surface area (Å²) in [4.78, 5) is 8.91. The fourth-order valence-corrected chi connectivity index (χ4v) is 2.29. The summed E-state index contributed by atoms with van der Waals surface area (Å²) >= 11 is 6.13. The molecular formula is C15H15ClN2. The Kier molecular flexibility index (Phi) is 2.83. The number of nitrogens with zero attached hydrogens (tertiary/aromatic N) is 2. The summed E-state index contributed by atoms with van der Waals surface area (Å²) in [7, 11) is 0. The molecule has 1 aromatic carbocycles. The van der Waals surface area contributed by atoms with Crippen molar-refractivity contribution in [2.45, 2.75) is 32.6 Å². The number of hydrogen-bond acceptors (Lipinski definition) is 2. The zero-order valence-electron chi connectivity index (χ0n) is 10.6. The molecule has 0 unspecified atom stereocenters. The van der Waals surface area contributed by atoms with Gasteiger partial charge < -0.3 is 0 Å². The summed E-state index contributed by atoms with van der Waals surface area (Å²) in [6.07, 6.45) is 2.61. The molecule has 0 saturated heterocycles. The molecule has 0 atom stereocenters. The van der Waals surface area contributed by atoms with Crippen LogP contribution in [0.3, 0.4) is 0 Å². The van der Waals surface area contributed by atoms with E-state index in [1.165, 1.54) is 18.4 Å². The fourth-order valence-electron chi connectivity index (χ4n) is 2.07. The second-order valence-electron chi connectivity index (χ2n) is 4.95. The zero-order valence-corrected chi connectivity index (χ0v) is 11.3. The molecule has 0 N–H and O–H groups in total. The van der Waals surface area contributed by atoms with Gasteiger partial charge in [0, 0.05) is 16.8 Å². The van der Waals surface area contributed by atoms with E-state index in [9.17, 15) is 0 Å². The number of hydrogen-bond donors (Lipinski definition) is 0. The first kappa shape index (κ1) is 11.7. The fraction of sp³-hybridized carbons (Fsp3) is 0.333. The highest BCUT2D eigenvalue weighted by Crippen LogP contribution is 2.40. The Hall–Kier alpha value is -1.41. The van der Waals surface area contributed by atoms with Crippen LogP contribution in [0.5, 0.6) is 0 Å². The third kappa shape index (κ3) is 2.13. The zero-order chi connectivity index (χ0) is 12.7. The lowest BCUT2D eigenvalue weighted by Crippen LogP contribution is -1.96. The Bertz CT molecular complexity index is 580. The molecule has 2 nitrogen and oxygen atoms in total. The summed E-state index contributed by atoms with van der Waals surface area (Å²) in [5.74, 6) is 1.47. The Morgan fingerprint density at radius 2 is 1.94 bits per heavy atom. The van der Waals surface area contributed by atoms with Crippen LogP contribution in [0.2, 0.25) is 5.15 Å². The van der Waals surface area contributed by atoms with Crippen molar-refractivity contribution in [3.63, 3.8) is 0 Å². The normalized spacial score (nSPS) is 14.8. The minimum absolute atomic E-state index is 0.550. The molecule has 0 bridgehead atoms. The van der Waals surface area contributed by atoms with Crippen molar-refractivity contribution in [1.29, 1.82) is 0 Å². The summed E-state index contributed by atoms with van der Waals surface area (Å²) in [6, 6.07) is 8.50. The van der Waals surface area contributed by atoms with Gasteiger partial charge in [-0.3, -0.25) is 0 Å².